The number of nitrogens with one attached hydrogen (secondary N) is 2. The highest BCUT2D eigenvalue weighted by Crippen LogP contribution is 2.36. The van der Waals surface area contributed by atoms with Crippen molar-refractivity contribution in [3.63, 3.8) is 0 Å². The van der Waals surface area contributed by atoms with Crippen LogP contribution in [0.4, 0.5) is 11.4 Å². The molecular formula is C17H16N2O3S. The van der Waals surface area contributed by atoms with Crippen molar-refractivity contribution in [2.75, 3.05) is 10.6 Å². The van der Waals surface area contributed by atoms with Crippen LogP contribution in [-0.2, 0) is 11.4 Å². The Labute approximate surface area is 138 Å². The zero-order chi connectivity index (χ0) is 16.4. The molecular weight excluding hydrogens is 312 g/mol. The number of hydrogen-bond acceptors (Lipinski definition) is 4. The quantitative estimate of drug-likeness (QED) is 0.809. The molecule has 23 heavy (non-hydrogen) atoms. The molecule has 2 aromatic rings. The Kier molecular flexibility index (Phi) is 4.36. The number of amides is 2. The molecule has 5 nitrogen and oxygen atoms in total. The number of aliphatic hydroxyl groups is 1. The predicted molar refractivity (Wildman–Crippen MR) is 90.7 cm³/mol. The number of fused-ring (bicyclic) bond motifs is 1. The molecule has 0 aliphatic carbocycles. The van der Waals surface area contributed by atoms with E-state index in [9.17, 15) is 9.59 Å². The summed E-state index contributed by atoms with van der Waals surface area (Å²) in [5, 5.41) is 14.6. The van der Waals surface area contributed by atoms with Crippen molar-refractivity contribution in [3.8, 4) is 0 Å². The highest BCUT2D eigenvalue weighted by Gasteiger charge is 2.23. The van der Waals surface area contributed by atoms with Crippen LogP contribution in [0.15, 0.2) is 47.4 Å². The van der Waals surface area contributed by atoms with Gasteiger partial charge in [0, 0.05) is 16.1 Å². The maximum Gasteiger partial charge on any atom is 0.255 e. The van der Waals surface area contributed by atoms with E-state index in [0.717, 1.165) is 10.5 Å². The van der Waals surface area contributed by atoms with Crippen molar-refractivity contribution in [3.05, 3.63) is 53.6 Å². The largest absolute Gasteiger partial charge is 0.392 e. The maximum atomic E-state index is 12.4. The molecule has 0 bridgehead atoms. The highest BCUT2D eigenvalue weighted by atomic mass is 32.2. The van der Waals surface area contributed by atoms with Gasteiger partial charge in [0.1, 0.15) is 0 Å². The molecule has 1 unspecified atom stereocenters. The molecule has 118 valence electrons. The van der Waals surface area contributed by atoms with Crippen molar-refractivity contribution in [2.24, 2.45) is 0 Å². The van der Waals surface area contributed by atoms with Gasteiger partial charge in [-0.25, -0.2) is 0 Å². The summed E-state index contributed by atoms with van der Waals surface area (Å²) in [4.78, 5) is 25.1. The standard InChI is InChI=1S/C17H16N2O3S/c1-10-16(21)19-14-8-12(5-6-15(14)23-10)17(22)18-13-4-2-3-11(7-13)9-20/h2-8,10,20H,9H2,1H3,(H,18,22)(H,19,21). The predicted octanol–water partition coefficient (Wildman–Crippen LogP) is 2.86. The second kappa shape index (κ2) is 6.44. The van der Waals surface area contributed by atoms with Gasteiger partial charge in [-0.2, -0.15) is 0 Å². The SMILES string of the molecule is CC1Sc2ccc(C(=O)Nc3cccc(CO)c3)cc2NC1=O. The van der Waals surface area contributed by atoms with Crippen molar-refractivity contribution in [1.82, 2.24) is 0 Å². The summed E-state index contributed by atoms with van der Waals surface area (Å²) in [7, 11) is 0. The second-order valence-corrected chi connectivity index (χ2v) is 6.66. The van der Waals surface area contributed by atoms with Crippen LogP contribution in [0.1, 0.15) is 22.8 Å². The summed E-state index contributed by atoms with van der Waals surface area (Å²) in [5.41, 5.74) is 2.47. The zero-order valence-electron chi connectivity index (χ0n) is 12.5. The summed E-state index contributed by atoms with van der Waals surface area (Å²) in [5.74, 6) is -0.323. The van der Waals surface area contributed by atoms with Crippen LogP contribution in [0, 0.1) is 0 Å². The van der Waals surface area contributed by atoms with Gasteiger partial charge in [-0.1, -0.05) is 12.1 Å². The van der Waals surface area contributed by atoms with Crippen molar-refractivity contribution in [1.29, 1.82) is 0 Å². The fraction of sp³-hybridized carbons (Fsp3) is 0.176. The first-order chi connectivity index (χ1) is 11.1. The number of aliphatic hydroxyl groups excluding tert-OH is 1. The van der Waals surface area contributed by atoms with Gasteiger partial charge >= 0.3 is 0 Å². The van der Waals surface area contributed by atoms with E-state index >= 15 is 0 Å². The zero-order valence-corrected chi connectivity index (χ0v) is 13.3. The van der Waals surface area contributed by atoms with Crippen LogP contribution in [0.2, 0.25) is 0 Å². The van der Waals surface area contributed by atoms with E-state index in [4.69, 9.17) is 5.11 Å². The van der Waals surface area contributed by atoms with Gasteiger partial charge in [0.05, 0.1) is 17.5 Å². The Balaban J connectivity index is 1.80. The number of hydrogen-bond donors (Lipinski definition) is 3. The fourth-order valence-electron chi connectivity index (χ4n) is 2.30. The molecule has 0 aromatic heterocycles. The smallest absolute Gasteiger partial charge is 0.255 e. The molecule has 0 saturated carbocycles. The first-order valence-corrected chi connectivity index (χ1v) is 8.07. The molecule has 1 aliphatic heterocycles. The summed E-state index contributed by atoms with van der Waals surface area (Å²) >= 11 is 1.48. The fourth-order valence-corrected chi connectivity index (χ4v) is 3.23. The van der Waals surface area contributed by atoms with Gasteiger partial charge < -0.3 is 15.7 Å². The Hall–Kier alpha value is -2.31. The molecule has 0 radical (unpaired) electrons. The van der Waals surface area contributed by atoms with Crippen LogP contribution in [-0.4, -0.2) is 22.2 Å². The minimum absolute atomic E-state index is 0.0595. The van der Waals surface area contributed by atoms with Gasteiger partial charge in [0.15, 0.2) is 0 Å². The third-order valence-corrected chi connectivity index (χ3v) is 4.72. The molecule has 1 heterocycles. The molecule has 0 fully saturated rings. The third kappa shape index (κ3) is 3.38. The molecule has 1 atom stereocenters. The van der Waals surface area contributed by atoms with Gasteiger partial charge in [-0.3, -0.25) is 9.59 Å². The average molecular weight is 328 g/mol. The number of carbonyl (C=O) groups is 2. The van der Waals surface area contributed by atoms with E-state index in [2.05, 4.69) is 10.6 Å². The molecule has 2 amide bonds. The lowest BCUT2D eigenvalue weighted by atomic mass is 10.1. The van der Waals surface area contributed by atoms with Gasteiger partial charge in [-0.15, -0.1) is 11.8 Å². The topological polar surface area (TPSA) is 78.4 Å². The van der Waals surface area contributed by atoms with Crippen molar-refractivity contribution < 1.29 is 14.7 Å². The van der Waals surface area contributed by atoms with E-state index in [1.54, 1.807) is 36.4 Å². The minimum Gasteiger partial charge on any atom is -0.392 e. The molecule has 6 heteroatoms. The van der Waals surface area contributed by atoms with Crippen LogP contribution in [0.3, 0.4) is 0 Å². The molecule has 2 aromatic carbocycles. The van der Waals surface area contributed by atoms with Crippen LogP contribution >= 0.6 is 11.8 Å². The lowest BCUT2D eigenvalue weighted by Crippen LogP contribution is -2.26. The van der Waals surface area contributed by atoms with Crippen LogP contribution in [0.25, 0.3) is 0 Å². The van der Waals surface area contributed by atoms with Crippen molar-refractivity contribution >= 4 is 35.0 Å². The number of carbonyl (C=O) groups excluding carboxylic acids is 2. The number of benzene rings is 2. The first-order valence-electron chi connectivity index (χ1n) is 7.19. The van der Waals surface area contributed by atoms with Gasteiger partial charge in [-0.05, 0) is 42.8 Å². The number of rotatable bonds is 3. The molecule has 0 spiro atoms. The Morgan fingerprint density at radius 3 is 2.91 bits per heavy atom. The molecule has 3 rings (SSSR count). The van der Waals surface area contributed by atoms with Crippen LogP contribution in [0.5, 0.6) is 0 Å². The summed E-state index contributed by atoms with van der Waals surface area (Å²) in [6.07, 6.45) is 0. The molecule has 0 saturated heterocycles. The van der Waals surface area contributed by atoms with E-state index in [-0.39, 0.29) is 23.7 Å². The summed E-state index contributed by atoms with van der Waals surface area (Å²) < 4.78 is 0. The molecule has 1 aliphatic rings. The van der Waals surface area contributed by atoms with Crippen molar-refractivity contribution in [2.45, 2.75) is 23.7 Å². The average Bonchev–Trinajstić information content (AvgIpc) is 2.55. The first kappa shape index (κ1) is 15.6. The Bertz CT molecular complexity index is 776. The highest BCUT2D eigenvalue weighted by molar-refractivity contribution is 8.00. The van der Waals surface area contributed by atoms with Crippen LogP contribution < -0.4 is 10.6 Å². The monoisotopic (exact) mass is 328 g/mol. The lowest BCUT2D eigenvalue weighted by Gasteiger charge is -2.21. The second-order valence-electron chi connectivity index (χ2n) is 5.27. The maximum absolute atomic E-state index is 12.4. The number of anilines is 2. The van der Waals surface area contributed by atoms with E-state index in [0.29, 0.717) is 16.9 Å². The number of thioether (sulfide) groups is 1. The lowest BCUT2D eigenvalue weighted by molar-refractivity contribution is -0.115. The molecule has 3 N–H and O–H groups in total. The van der Waals surface area contributed by atoms with Gasteiger partial charge in [0.2, 0.25) is 5.91 Å². The summed E-state index contributed by atoms with van der Waals surface area (Å²) in [6.45, 7) is 1.77. The van der Waals surface area contributed by atoms with E-state index in [1.807, 2.05) is 13.0 Å². The normalized spacial score (nSPS) is 16.4. The third-order valence-electron chi connectivity index (χ3n) is 3.54. The minimum atomic E-state index is -0.263. The van der Waals surface area contributed by atoms with Gasteiger partial charge in [0.25, 0.3) is 5.91 Å². The van der Waals surface area contributed by atoms with E-state index in [1.165, 1.54) is 11.8 Å². The Morgan fingerprint density at radius 2 is 2.13 bits per heavy atom. The van der Waals surface area contributed by atoms with E-state index < -0.39 is 0 Å². The summed E-state index contributed by atoms with van der Waals surface area (Å²) in [6, 6.07) is 12.3. The Morgan fingerprint density at radius 1 is 1.30 bits per heavy atom.